The molecule has 1 aromatic carbocycles. The van der Waals surface area contributed by atoms with Crippen LogP contribution in [0.1, 0.15) is 23.5 Å². The highest BCUT2D eigenvalue weighted by Gasteiger charge is 2.09. The van der Waals surface area contributed by atoms with Crippen molar-refractivity contribution in [2.24, 2.45) is 0 Å². The zero-order chi connectivity index (χ0) is 11.5. The van der Waals surface area contributed by atoms with Gasteiger partial charge in [-0.3, -0.25) is 0 Å². The minimum atomic E-state index is 0.261. The zero-order valence-corrected chi connectivity index (χ0v) is 12.2. The topological polar surface area (TPSA) is 24.9 Å². The van der Waals surface area contributed by atoms with Crippen molar-refractivity contribution in [2.75, 3.05) is 5.32 Å². The summed E-state index contributed by atoms with van der Waals surface area (Å²) in [6.07, 6.45) is 1.85. The molecule has 0 saturated carbocycles. The van der Waals surface area contributed by atoms with Gasteiger partial charge < -0.3 is 5.32 Å². The number of aromatic nitrogens is 1. The highest BCUT2D eigenvalue weighted by molar-refractivity contribution is 14.1. The quantitative estimate of drug-likeness (QED) is 0.843. The molecular weight excluding hydrogens is 331 g/mol. The molecule has 2 nitrogen and oxygen atoms in total. The summed E-state index contributed by atoms with van der Waals surface area (Å²) in [4.78, 5) is 4.32. The van der Waals surface area contributed by atoms with Crippen LogP contribution in [0, 0.1) is 10.5 Å². The van der Waals surface area contributed by atoms with Crippen LogP contribution in [-0.2, 0) is 0 Å². The Labute approximate surface area is 113 Å². The van der Waals surface area contributed by atoms with Crippen LogP contribution in [0.15, 0.2) is 29.8 Å². The van der Waals surface area contributed by atoms with Crippen LogP contribution >= 0.6 is 33.9 Å². The molecule has 2 aromatic rings. The first-order valence-corrected chi connectivity index (χ1v) is 7.05. The summed E-state index contributed by atoms with van der Waals surface area (Å²) in [5.74, 6) is 0. The van der Waals surface area contributed by atoms with E-state index in [2.05, 4.69) is 64.9 Å². The molecule has 1 aromatic heterocycles. The van der Waals surface area contributed by atoms with Gasteiger partial charge in [-0.1, -0.05) is 6.07 Å². The number of halogens is 1. The minimum Gasteiger partial charge on any atom is -0.376 e. The highest BCUT2D eigenvalue weighted by Crippen LogP contribution is 2.25. The highest BCUT2D eigenvalue weighted by atomic mass is 127. The van der Waals surface area contributed by atoms with Crippen molar-refractivity contribution in [1.29, 1.82) is 0 Å². The third-order valence-electron chi connectivity index (χ3n) is 2.46. The fourth-order valence-electron chi connectivity index (χ4n) is 1.51. The fourth-order valence-corrected chi connectivity index (χ4v) is 2.65. The van der Waals surface area contributed by atoms with Gasteiger partial charge in [-0.25, -0.2) is 4.98 Å². The van der Waals surface area contributed by atoms with Crippen molar-refractivity contribution in [3.63, 3.8) is 0 Å². The van der Waals surface area contributed by atoms with Gasteiger partial charge in [0.2, 0.25) is 0 Å². The van der Waals surface area contributed by atoms with Crippen molar-refractivity contribution in [3.8, 4) is 0 Å². The fraction of sp³-hybridized carbons (Fsp3) is 0.250. The molecule has 0 amide bonds. The molecule has 1 N–H and O–H groups in total. The van der Waals surface area contributed by atoms with Gasteiger partial charge in [0.05, 0.1) is 6.04 Å². The van der Waals surface area contributed by atoms with Gasteiger partial charge in [-0.05, 0) is 54.1 Å². The lowest BCUT2D eigenvalue weighted by atomic mass is 10.2. The number of benzene rings is 1. The van der Waals surface area contributed by atoms with E-state index in [9.17, 15) is 0 Å². The predicted molar refractivity (Wildman–Crippen MR) is 78.0 cm³/mol. The summed E-state index contributed by atoms with van der Waals surface area (Å²) in [5, 5.41) is 6.63. The molecule has 0 saturated heterocycles. The predicted octanol–water partition coefficient (Wildman–Crippen LogP) is 4.23. The maximum Gasteiger partial charge on any atom is 0.115 e. The molecule has 1 heterocycles. The Hall–Kier alpha value is -0.620. The van der Waals surface area contributed by atoms with Gasteiger partial charge >= 0.3 is 0 Å². The van der Waals surface area contributed by atoms with Crippen molar-refractivity contribution in [2.45, 2.75) is 19.9 Å². The first kappa shape index (κ1) is 11.9. The molecule has 0 bridgehead atoms. The van der Waals surface area contributed by atoms with Gasteiger partial charge in [-0.2, -0.15) is 0 Å². The molecular formula is C12H13IN2S. The van der Waals surface area contributed by atoms with E-state index in [0.29, 0.717) is 0 Å². The summed E-state index contributed by atoms with van der Waals surface area (Å²) in [6, 6.07) is 6.57. The lowest BCUT2D eigenvalue weighted by Gasteiger charge is -2.15. The van der Waals surface area contributed by atoms with E-state index >= 15 is 0 Å². The van der Waals surface area contributed by atoms with E-state index in [1.807, 2.05) is 11.6 Å². The lowest BCUT2D eigenvalue weighted by molar-refractivity contribution is 0.867. The lowest BCUT2D eigenvalue weighted by Crippen LogP contribution is -2.07. The van der Waals surface area contributed by atoms with Gasteiger partial charge in [0, 0.05) is 20.8 Å². The Bertz CT molecular complexity index is 468. The van der Waals surface area contributed by atoms with Crippen molar-refractivity contribution in [3.05, 3.63) is 43.9 Å². The number of anilines is 1. The molecule has 0 aliphatic heterocycles. The molecule has 16 heavy (non-hydrogen) atoms. The SMILES string of the molecule is Cc1c(I)cccc1NC(C)c1nccs1. The summed E-state index contributed by atoms with van der Waals surface area (Å²) in [6.45, 7) is 4.27. The van der Waals surface area contributed by atoms with Gasteiger partial charge in [0.1, 0.15) is 5.01 Å². The molecule has 4 heteroatoms. The third-order valence-corrected chi connectivity index (χ3v) is 4.59. The van der Waals surface area contributed by atoms with E-state index in [1.54, 1.807) is 11.3 Å². The molecule has 0 aliphatic rings. The van der Waals surface area contributed by atoms with Crippen LogP contribution in [0.5, 0.6) is 0 Å². The molecule has 1 unspecified atom stereocenters. The zero-order valence-electron chi connectivity index (χ0n) is 9.20. The van der Waals surface area contributed by atoms with Crippen LogP contribution < -0.4 is 5.32 Å². The summed E-state index contributed by atoms with van der Waals surface area (Å²) in [5.41, 5.74) is 2.49. The maximum atomic E-state index is 4.32. The average Bonchev–Trinajstić information content (AvgIpc) is 2.78. The Morgan fingerprint density at radius 2 is 2.25 bits per heavy atom. The van der Waals surface area contributed by atoms with E-state index < -0.39 is 0 Å². The Kier molecular flexibility index (Phi) is 3.81. The monoisotopic (exact) mass is 344 g/mol. The average molecular weight is 344 g/mol. The van der Waals surface area contributed by atoms with Crippen LogP contribution in [0.25, 0.3) is 0 Å². The number of nitrogens with zero attached hydrogens (tertiary/aromatic N) is 1. The van der Waals surface area contributed by atoms with Gasteiger partial charge in [0.15, 0.2) is 0 Å². The van der Waals surface area contributed by atoms with Gasteiger partial charge in [-0.15, -0.1) is 11.3 Å². The van der Waals surface area contributed by atoms with Crippen LogP contribution in [0.4, 0.5) is 5.69 Å². The number of hydrogen-bond acceptors (Lipinski definition) is 3. The second-order valence-electron chi connectivity index (χ2n) is 3.65. The second kappa shape index (κ2) is 5.14. The van der Waals surface area contributed by atoms with Crippen LogP contribution in [0.2, 0.25) is 0 Å². The summed E-state index contributed by atoms with van der Waals surface area (Å²) >= 11 is 4.04. The molecule has 0 spiro atoms. The maximum absolute atomic E-state index is 4.32. The van der Waals surface area contributed by atoms with Crippen LogP contribution in [0.3, 0.4) is 0 Å². The molecule has 1 atom stereocenters. The first-order valence-electron chi connectivity index (χ1n) is 5.09. The Balaban J connectivity index is 2.18. The second-order valence-corrected chi connectivity index (χ2v) is 5.74. The normalized spacial score (nSPS) is 12.4. The van der Waals surface area contributed by atoms with E-state index in [4.69, 9.17) is 0 Å². The van der Waals surface area contributed by atoms with Gasteiger partial charge in [0.25, 0.3) is 0 Å². The minimum absolute atomic E-state index is 0.261. The van der Waals surface area contributed by atoms with E-state index in [-0.39, 0.29) is 6.04 Å². The number of thiazole rings is 1. The standard InChI is InChI=1S/C12H13IN2S/c1-8-10(13)4-3-5-11(8)15-9(2)12-14-6-7-16-12/h3-7,9,15H,1-2H3. The molecule has 0 aliphatic carbocycles. The van der Waals surface area contributed by atoms with Crippen molar-refractivity contribution < 1.29 is 0 Å². The molecule has 0 fully saturated rings. The number of rotatable bonds is 3. The largest absolute Gasteiger partial charge is 0.376 e. The first-order chi connectivity index (χ1) is 7.68. The Morgan fingerprint density at radius 1 is 1.44 bits per heavy atom. The number of nitrogens with one attached hydrogen (secondary N) is 1. The molecule has 0 radical (unpaired) electrons. The van der Waals surface area contributed by atoms with E-state index in [1.165, 1.54) is 14.8 Å². The van der Waals surface area contributed by atoms with E-state index in [0.717, 1.165) is 5.01 Å². The van der Waals surface area contributed by atoms with Crippen molar-refractivity contribution in [1.82, 2.24) is 4.98 Å². The summed E-state index contributed by atoms with van der Waals surface area (Å²) in [7, 11) is 0. The number of hydrogen-bond donors (Lipinski definition) is 1. The molecule has 84 valence electrons. The molecule has 2 rings (SSSR count). The van der Waals surface area contributed by atoms with Crippen LogP contribution in [-0.4, -0.2) is 4.98 Å². The smallest absolute Gasteiger partial charge is 0.115 e. The summed E-state index contributed by atoms with van der Waals surface area (Å²) < 4.78 is 1.29. The Morgan fingerprint density at radius 3 is 2.94 bits per heavy atom. The third kappa shape index (κ3) is 2.55. The van der Waals surface area contributed by atoms with Crippen molar-refractivity contribution >= 4 is 39.6 Å².